The van der Waals surface area contributed by atoms with E-state index in [1.807, 2.05) is 60.6 Å². The molecule has 2 aromatic heterocycles. The van der Waals surface area contributed by atoms with Crippen molar-refractivity contribution in [2.75, 3.05) is 17.8 Å². The lowest BCUT2D eigenvalue weighted by Crippen LogP contribution is -2.40. The molecule has 1 atom stereocenters. The largest absolute Gasteiger partial charge is 0.497 e. The molecule has 0 fully saturated rings. The van der Waals surface area contributed by atoms with E-state index in [-0.39, 0.29) is 5.91 Å². The number of aromatic nitrogens is 3. The lowest BCUT2D eigenvalue weighted by Gasteiger charge is -2.34. The van der Waals surface area contributed by atoms with Crippen molar-refractivity contribution < 1.29 is 9.53 Å². The van der Waals surface area contributed by atoms with Gasteiger partial charge in [0.15, 0.2) is 0 Å². The smallest absolute Gasteiger partial charge is 0.240 e. The summed E-state index contributed by atoms with van der Waals surface area (Å²) in [5.74, 6) is 1.26. The first-order valence-corrected chi connectivity index (χ1v) is 11.6. The van der Waals surface area contributed by atoms with Gasteiger partial charge in [0.2, 0.25) is 5.91 Å². The number of anilines is 1. The van der Waals surface area contributed by atoms with Gasteiger partial charge in [0.05, 0.1) is 29.9 Å². The summed E-state index contributed by atoms with van der Waals surface area (Å²) in [6.07, 6.45) is 1.97. The van der Waals surface area contributed by atoms with Gasteiger partial charge in [-0.1, -0.05) is 25.1 Å². The molecule has 6 nitrogen and oxygen atoms in total. The van der Waals surface area contributed by atoms with Crippen LogP contribution in [0.3, 0.4) is 0 Å². The highest BCUT2D eigenvalue weighted by Gasteiger charge is 2.36. The Morgan fingerprint density at radius 3 is 2.69 bits per heavy atom. The van der Waals surface area contributed by atoms with Crippen LogP contribution in [-0.4, -0.2) is 33.5 Å². The molecule has 5 rings (SSSR count). The average Bonchev–Trinajstić information content (AvgIpc) is 3.18. The maximum Gasteiger partial charge on any atom is 0.240 e. The first-order valence-electron chi connectivity index (χ1n) is 10.6. The highest BCUT2D eigenvalue weighted by molar-refractivity contribution is 7.99. The van der Waals surface area contributed by atoms with Crippen LogP contribution in [0.4, 0.5) is 5.69 Å². The summed E-state index contributed by atoms with van der Waals surface area (Å²) < 4.78 is 7.11. The molecule has 2 aromatic carbocycles. The first-order chi connectivity index (χ1) is 15.6. The fourth-order valence-corrected chi connectivity index (χ4v) is 4.86. The summed E-state index contributed by atoms with van der Waals surface area (Å²) in [5.41, 5.74) is 4.60. The van der Waals surface area contributed by atoms with Gasteiger partial charge in [0.1, 0.15) is 11.7 Å². The zero-order chi connectivity index (χ0) is 22.2. The first kappa shape index (κ1) is 20.6. The second-order valence-electron chi connectivity index (χ2n) is 7.80. The summed E-state index contributed by atoms with van der Waals surface area (Å²) >= 11 is 1.69. The molecule has 0 saturated heterocycles. The third-order valence-corrected chi connectivity index (χ3v) is 6.57. The summed E-state index contributed by atoms with van der Waals surface area (Å²) in [7, 11) is 3.54. The molecule has 1 unspecified atom stereocenters. The molecule has 3 heterocycles. The van der Waals surface area contributed by atoms with E-state index in [4.69, 9.17) is 9.72 Å². The number of ether oxygens (including phenoxy) is 1. The minimum Gasteiger partial charge on any atom is -0.497 e. The standard InChI is InChI=1S/C25H24N4O2S/c1-4-32-22-12-7-17-15-29(19-8-11-21-18(13-19)14-28(2)27-21)25(30)23(24(17)26-22)16-5-9-20(31-3)10-6-16/h5-14,23H,4,15H2,1-3H3. The lowest BCUT2D eigenvalue weighted by atomic mass is 9.87. The monoisotopic (exact) mass is 444 g/mol. The number of benzene rings is 2. The van der Waals surface area contributed by atoms with Gasteiger partial charge >= 0.3 is 0 Å². The third kappa shape index (κ3) is 3.62. The van der Waals surface area contributed by atoms with Gasteiger partial charge in [0.25, 0.3) is 0 Å². The van der Waals surface area contributed by atoms with Crippen molar-refractivity contribution in [1.82, 2.24) is 14.8 Å². The van der Waals surface area contributed by atoms with Gasteiger partial charge < -0.3 is 9.64 Å². The minimum absolute atomic E-state index is 0.0251. The zero-order valence-electron chi connectivity index (χ0n) is 18.3. The maximum atomic E-state index is 13.9. The van der Waals surface area contributed by atoms with E-state index >= 15 is 0 Å². The maximum absolute atomic E-state index is 13.9. The SMILES string of the molecule is CCSc1ccc2c(n1)C(c1ccc(OC)cc1)C(=O)N(c1ccc3nn(C)cc3c1)C2. The van der Waals surface area contributed by atoms with Crippen LogP contribution in [0.25, 0.3) is 10.9 Å². The van der Waals surface area contributed by atoms with E-state index in [0.717, 1.165) is 49.9 Å². The molecule has 32 heavy (non-hydrogen) atoms. The Hall–Kier alpha value is -3.32. The number of nitrogens with zero attached hydrogens (tertiary/aromatic N) is 4. The molecule has 7 heteroatoms. The molecule has 1 aliphatic heterocycles. The Kier molecular flexibility index (Phi) is 5.35. The number of fused-ring (bicyclic) bond motifs is 2. The number of hydrogen-bond acceptors (Lipinski definition) is 5. The molecule has 1 aliphatic rings. The molecule has 0 saturated carbocycles. The molecule has 0 radical (unpaired) electrons. The summed E-state index contributed by atoms with van der Waals surface area (Å²) in [6.45, 7) is 2.60. The Bertz CT molecular complexity index is 1300. The predicted octanol–water partition coefficient (Wildman–Crippen LogP) is 4.77. The number of thioether (sulfide) groups is 1. The van der Waals surface area contributed by atoms with E-state index in [1.54, 1.807) is 23.6 Å². The van der Waals surface area contributed by atoms with Gasteiger partial charge in [-0.15, -0.1) is 11.8 Å². The Balaban J connectivity index is 1.62. The molecule has 1 amide bonds. The van der Waals surface area contributed by atoms with E-state index in [2.05, 4.69) is 24.2 Å². The Morgan fingerprint density at radius 2 is 1.94 bits per heavy atom. The minimum atomic E-state index is -0.466. The number of rotatable bonds is 5. The Labute approximate surface area is 191 Å². The van der Waals surface area contributed by atoms with Crippen molar-refractivity contribution >= 4 is 34.3 Å². The highest BCUT2D eigenvalue weighted by Crippen LogP contribution is 2.38. The van der Waals surface area contributed by atoms with Crippen molar-refractivity contribution in [3.63, 3.8) is 0 Å². The molecule has 0 N–H and O–H groups in total. The second kappa shape index (κ2) is 8.31. The fraction of sp³-hybridized carbons (Fsp3) is 0.240. The number of carbonyl (C=O) groups excluding carboxylic acids is 1. The van der Waals surface area contributed by atoms with Crippen LogP contribution in [-0.2, 0) is 18.4 Å². The van der Waals surface area contributed by atoms with E-state index in [0.29, 0.717) is 6.54 Å². The van der Waals surface area contributed by atoms with Crippen molar-refractivity contribution in [3.05, 3.63) is 77.6 Å². The van der Waals surface area contributed by atoms with Crippen molar-refractivity contribution in [3.8, 4) is 5.75 Å². The van der Waals surface area contributed by atoms with E-state index < -0.39 is 5.92 Å². The van der Waals surface area contributed by atoms with E-state index in [1.165, 1.54) is 0 Å². The third-order valence-electron chi connectivity index (χ3n) is 5.76. The molecule has 0 bridgehead atoms. The Morgan fingerprint density at radius 1 is 1.12 bits per heavy atom. The summed E-state index contributed by atoms with van der Waals surface area (Å²) in [5, 5.41) is 6.41. The van der Waals surface area contributed by atoms with Crippen LogP contribution in [0.15, 0.2) is 65.8 Å². The number of amides is 1. The van der Waals surface area contributed by atoms with Crippen LogP contribution in [0, 0.1) is 0 Å². The molecule has 0 aliphatic carbocycles. The second-order valence-corrected chi connectivity index (χ2v) is 9.09. The highest BCUT2D eigenvalue weighted by atomic mass is 32.2. The quantitative estimate of drug-likeness (QED) is 0.415. The number of methoxy groups -OCH3 is 1. The van der Waals surface area contributed by atoms with Crippen molar-refractivity contribution in [2.45, 2.75) is 24.4 Å². The van der Waals surface area contributed by atoms with Crippen LogP contribution >= 0.6 is 11.8 Å². The average molecular weight is 445 g/mol. The fourth-order valence-electron chi connectivity index (χ4n) is 4.24. The van der Waals surface area contributed by atoms with Gasteiger partial charge in [-0.25, -0.2) is 4.98 Å². The number of aryl methyl sites for hydroxylation is 1. The van der Waals surface area contributed by atoms with Gasteiger partial charge in [-0.2, -0.15) is 5.10 Å². The zero-order valence-corrected chi connectivity index (χ0v) is 19.1. The molecule has 0 spiro atoms. The predicted molar refractivity (Wildman–Crippen MR) is 127 cm³/mol. The molecular formula is C25H24N4O2S. The van der Waals surface area contributed by atoms with Gasteiger partial charge in [-0.3, -0.25) is 9.48 Å². The summed E-state index contributed by atoms with van der Waals surface area (Å²) in [4.78, 5) is 20.6. The van der Waals surface area contributed by atoms with Crippen LogP contribution in [0.1, 0.15) is 29.7 Å². The van der Waals surface area contributed by atoms with Crippen LogP contribution in [0.2, 0.25) is 0 Å². The summed E-state index contributed by atoms with van der Waals surface area (Å²) in [6, 6.07) is 17.8. The molecular weight excluding hydrogens is 420 g/mol. The lowest BCUT2D eigenvalue weighted by molar-refractivity contribution is -0.119. The normalized spacial score (nSPS) is 15.8. The van der Waals surface area contributed by atoms with Gasteiger partial charge in [-0.05, 0) is 53.3 Å². The van der Waals surface area contributed by atoms with Crippen molar-refractivity contribution in [2.24, 2.45) is 7.05 Å². The van der Waals surface area contributed by atoms with Gasteiger partial charge in [0, 0.05) is 24.3 Å². The molecule has 4 aromatic rings. The number of pyridine rings is 1. The van der Waals surface area contributed by atoms with Crippen LogP contribution < -0.4 is 9.64 Å². The van der Waals surface area contributed by atoms with E-state index in [9.17, 15) is 4.79 Å². The number of carbonyl (C=O) groups is 1. The number of hydrogen-bond donors (Lipinski definition) is 0. The van der Waals surface area contributed by atoms with Crippen LogP contribution in [0.5, 0.6) is 5.75 Å². The topological polar surface area (TPSA) is 60.2 Å². The molecule has 162 valence electrons. The van der Waals surface area contributed by atoms with Crippen molar-refractivity contribution in [1.29, 1.82) is 0 Å².